The van der Waals surface area contributed by atoms with Crippen LogP contribution in [0, 0.1) is 24.7 Å². The Kier molecular flexibility index (Phi) is 6.08. The van der Waals surface area contributed by atoms with E-state index in [1.165, 1.54) is 23.5 Å². The van der Waals surface area contributed by atoms with E-state index >= 15 is 0 Å². The van der Waals surface area contributed by atoms with Crippen LogP contribution in [0.4, 0.5) is 0 Å². The smallest absolute Gasteiger partial charge is 0.248 e. The van der Waals surface area contributed by atoms with E-state index in [0.29, 0.717) is 18.8 Å². The van der Waals surface area contributed by atoms with Crippen molar-refractivity contribution in [3.63, 3.8) is 0 Å². The van der Waals surface area contributed by atoms with Gasteiger partial charge in [-0.3, -0.25) is 15.0 Å². The third kappa shape index (κ3) is 4.20. The molecule has 0 saturated heterocycles. The number of benzene rings is 2. The molecule has 8 nitrogen and oxygen atoms in total. The van der Waals surface area contributed by atoms with Crippen LogP contribution in [-0.4, -0.2) is 41.9 Å². The average Bonchev–Trinajstić information content (AvgIpc) is 3.48. The molecule has 5 rings (SSSR count). The van der Waals surface area contributed by atoms with Gasteiger partial charge in [0.2, 0.25) is 15.9 Å². The summed E-state index contributed by atoms with van der Waals surface area (Å²) in [6, 6.07) is 15.6. The van der Waals surface area contributed by atoms with Crippen molar-refractivity contribution in [1.29, 1.82) is 0 Å². The molecule has 4 atom stereocenters. The first-order chi connectivity index (χ1) is 16.8. The quantitative estimate of drug-likeness (QED) is 0.297. The van der Waals surface area contributed by atoms with E-state index in [9.17, 15) is 18.4 Å². The number of pyridine rings is 1. The first kappa shape index (κ1) is 23.5. The van der Waals surface area contributed by atoms with Crippen molar-refractivity contribution >= 4 is 26.8 Å². The summed E-state index contributed by atoms with van der Waals surface area (Å²) in [6.07, 6.45) is 4.59. The molecule has 1 amide bonds. The summed E-state index contributed by atoms with van der Waals surface area (Å²) >= 11 is 0. The number of nitrogens with one attached hydrogen (secondary N) is 1. The molecule has 35 heavy (non-hydrogen) atoms. The number of sulfonamides is 1. The van der Waals surface area contributed by atoms with Crippen molar-refractivity contribution in [3.05, 3.63) is 78.0 Å². The lowest BCUT2D eigenvalue weighted by Crippen LogP contribution is -2.49. The van der Waals surface area contributed by atoms with Crippen LogP contribution < -0.4 is 10.2 Å². The number of allylic oxidation sites excluding steroid dienone is 1. The zero-order valence-corrected chi connectivity index (χ0v) is 20.3. The number of carbonyl (C=O) groups is 1. The van der Waals surface area contributed by atoms with Crippen LogP contribution in [0.3, 0.4) is 0 Å². The Hall–Kier alpha value is -3.27. The van der Waals surface area contributed by atoms with Crippen LogP contribution in [0.2, 0.25) is 0 Å². The van der Waals surface area contributed by atoms with Crippen LogP contribution in [0.25, 0.3) is 10.9 Å². The Bertz CT molecular complexity index is 1400. The van der Waals surface area contributed by atoms with Gasteiger partial charge in [-0.15, -0.1) is 0 Å². The number of hydrogen-bond donors (Lipinski definition) is 2. The minimum atomic E-state index is -3.86. The molecule has 1 fully saturated rings. The topological polar surface area (TPSA) is 109 Å². The summed E-state index contributed by atoms with van der Waals surface area (Å²) in [4.78, 5) is 16.9. The van der Waals surface area contributed by atoms with Crippen LogP contribution >= 0.6 is 0 Å². The fraction of sp³-hybridized carbons (Fsp3) is 0.308. The fourth-order valence-corrected chi connectivity index (χ4v) is 6.85. The summed E-state index contributed by atoms with van der Waals surface area (Å²) in [5.74, 6) is -0.792. The molecule has 2 aliphatic carbocycles. The Morgan fingerprint density at radius 2 is 1.86 bits per heavy atom. The highest BCUT2D eigenvalue weighted by molar-refractivity contribution is 7.89. The van der Waals surface area contributed by atoms with Crippen LogP contribution in [0.5, 0.6) is 5.75 Å². The van der Waals surface area contributed by atoms with Gasteiger partial charge in [0.25, 0.3) is 0 Å². The van der Waals surface area contributed by atoms with E-state index in [4.69, 9.17) is 4.74 Å². The van der Waals surface area contributed by atoms with Crippen molar-refractivity contribution in [2.24, 2.45) is 17.8 Å². The number of aromatic nitrogens is 1. The highest BCUT2D eigenvalue weighted by atomic mass is 32.2. The predicted molar refractivity (Wildman–Crippen MR) is 130 cm³/mol. The Morgan fingerprint density at radius 1 is 1.14 bits per heavy atom. The van der Waals surface area contributed by atoms with Gasteiger partial charge in [0.05, 0.1) is 16.3 Å². The number of rotatable bonds is 7. The molecule has 0 spiro atoms. The number of nitrogens with zero attached hydrogens (tertiary/aromatic N) is 2. The minimum absolute atomic E-state index is 0.0664. The van der Waals surface area contributed by atoms with Gasteiger partial charge in [0.15, 0.2) is 0 Å². The molecule has 3 aromatic rings. The van der Waals surface area contributed by atoms with E-state index in [1.54, 1.807) is 17.6 Å². The maximum atomic E-state index is 13.4. The number of hydrogen-bond acceptors (Lipinski definition) is 6. The second-order valence-corrected chi connectivity index (χ2v) is 11.2. The maximum Gasteiger partial charge on any atom is 0.248 e. The molecule has 2 aliphatic rings. The Labute approximate surface area is 204 Å². The number of ether oxygens (including phenoxy) is 1. The molecule has 2 aromatic carbocycles. The third-order valence-electron chi connectivity index (χ3n) is 7.08. The van der Waals surface area contributed by atoms with Gasteiger partial charge in [-0.1, -0.05) is 30.4 Å². The summed E-state index contributed by atoms with van der Waals surface area (Å²) in [7, 11) is -2.37. The molecule has 182 valence electrons. The fourth-order valence-electron chi connectivity index (χ4n) is 5.43. The van der Waals surface area contributed by atoms with Crippen LogP contribution in [0.1, 0.15) is 17.7 Å². The molecule has 2 N–H and O–H groups in total. The summed E-state index contributed by atoms with van der Waals surface area (Å²) < 4.78 is 34.0. The molecule has 1 saturated carbocycles. The van der Waals surface area contributed by atoms with E-state index in [0.717, 1.165) is 22.2 Å². The van der Waals surface area contributed by atoms with Gasteiger partial charge in [-0.05, 0) is 61.6 Å². The zero-order chi connectivity index (χ0) is 24.7. The van der Waals surface area contributed by atoms with Crippen molar-refractivity contribution in [1.82, 2.24) is 14.8 Å². The Morgan fingerprint density at radius 3 is 2.60 bits per heavy atom. The second-order valence-electron chi connectivity index (χ2n) is 9.16. The lowest BCUT2D eigenvalue weighted by molar-refractivity contribution is -0.135. The number of aryl methyl sites for hydroxylation is 1. The van der Waals surface area contributed by atoms with Gasteiger partial charge >= 0.3 is 0 Å². The summed E-state index contributed by atoms with van der Waals surface area (Å²) in [5.41, 5.74) is 4.51. The minimum Gasteiger partial charge on any atom is -0.489 e. The van der Waals surface area contributed by atoms with E-state index in [1.807, 2.05) is 49.4 Å². The second kappa shape index (κ2) is 9.07. The molecule has 2 bridgehead atoms. The molecular formula is C26H27N3O5S. The lowest BCUT2D eigenvalue weighted by Gasteiger charge is -2.33. The van der Waals surface area contributed by atoms with E-state index < -0.39 is 27.9 Å². The van der Waals surface area contributed by atoms with E-state index in [-0.39, 0.29) is 16.7 Å². The summed E-state index contributed by atoms with van der Waals surface area (Å²) in [5, 5.41) is 10.2. The average molecular weight is 494 g/mol. The van der Waals surface area contributed by atoms with E-state index in [2.05, 4.69) is 4.98 Å². The Balaban J connectivity index is 1.33. The predicted octanol–water partition coefficient (Wildman–Crippen LogP) is 3.44. The van der Waals surface area contributed by atoms with Crippen molar-refractivity contribution < 1.29 is 23.2 Å². The van der Waals surface area contributed by atoms with Gasteiger partial charge < -0.3 is 4.74 Å². The van der Waals surface area contributed by atoms with Crippen molar-refractivity contribution in [2.45, 2.75) is 30.9 Å². The number of carbonyl (C=O) groups excluding carboxylic acids is 1. The number of fused-ring (bicyclic) bond motifs is 3. The number of para-hydroxylation sites is 1. The molecule has 0 radical (unpaired) electrons. The largest absolute Gasteiger partial charge is 0.489 e. The summed E-state index contributed by atoms with van der Waals surface area (Å²) in [6.45, 7) is 2.26. The molecule has 9 heteroatoms. The maximum absolute atomic E-state index is 13.4. The van der Waals surface area contributed by atoms with Crippen molar-refractivity contribution in [2.75, 3.05) is 7.05 Å². The lowest BCUT2D eigenvalue weighted by atomic mass is 9.88. The molecule has 1 heterocycles. The highest BCUT2D eigenvalue weighted by Crippen LogP contribution is 2.47. The monoisotopic (exact) mass is 493 g/mol. The zero-order valence-electron chi connectivity index (χ0n) is 19.5. The standard InChI is InChI=1S/C26H27N3O5S/c1-16-13-19(22-5-3-4-6-23(22)27-16)15-34-20-9-11-21(12-10-20)35(32,33)29(2)25-18-8-7-17(14-18)24(25)26(30)28-31/h3-13,17-18,24-25,31H,14-15H2,1-2H3,(H,28,30). The highest BCUT2D eigenvalue weighted by Gasteiger charge is 2.52. The van der Waals surface area contributed by atoms with Gasteiger partial charge in [0.1, 0.15) is 12.4 Å². The third-order valence-corrected chi connectivity index (χ3v) is 8.95. The van der Waals surface area contributed by atoms with Crippen LogP contribution in [0.15, 0.2) is 71.6 Å². The van der Waals surface area contributed by atoms with Gasteiger partial charge in [0, 0.05) is 29.7 Å². The molecule has 4 unspecified atom stereocenters. The molecule has 0 aliphatic heterocycles. The normalized spacial score (nSPS) is 23.2. The van der Waals surface area contributed by atoms with Gasteiger partial charge in [-0.2, -0.15) is 4.31 Å². The first-order valence-corrected chi connectivity index (χ1v) is 12.9. The molecule has 1 aromatic heterocycles. The first-order valence-electron chi connectivity index (χ1n) is 11.5. The molecular weight excluding hydrogens is 466 g/mol. The van der Waals surface area contributed by atoms with Gasteiger partial charge in [-0.25, -0.2) is 13.9 Å². The van der Waals surface area contributed by atoms with Crippen molar-refractivity contribution in [3.8, 4) is 5.75 Å². The van der Waals surface area contributed by atoms with Crippen LogP contribution in [-0.2, 0) is 21.4 Å². The number of hydroxylamine groups is 1. The SMILES string of the molecule is Cc1cc(COc2ccc(S(=O)(=O)N(C)C3C4C=CC(C4)C3C(=O)NO)cc2)c2ccccc2n1. The number of amides is 1.